The van der Waals surface area contributed by atoms with Crippen molar-refractivity contribution in [1.82, 2.24) is 10.2 Å². The van der Waals surface area contributed by atoms with Gasteiger partial charge in [-0.2, -0.15) is 0 Å². The van der Waals surface area contributed by atoms with Gasteiger partial charge in [-0.05, 0) is 31.9 Å². The fourth-order valence-corrected chi connectivity index (χ4v) is 2.80. The van der Waals surface area contributed by atoms with Crippen LogP contribution < -0.4 is 5.32 Å². The maximum atomic E-state index is 12.4. The number of imide groups is 1. The minimum Gasteiger partial charge on any atom is -0.388 e. The zero-order chi connectivity index (χ0) is 18.8. The highest BCUT2D eigenvalue weighted by atomic mass is 16.3. The van der Waals surface area contributed by atoms with Crippen molar-refractivity contribution in [2.75, 3.05) is 13.1 Å². The lowest BCUT2D eigenvalue weighted by molar-refractivity contribution is -0.122. The Bertz CT molecular complexity index is 697. The molecular formula is C19H26N2O4. The van der Waals surface area contributed by atoms with Gasteiger partial charge in [-0.15, -0.1) is 0 Å². The van der Waals surface area contributed by atoms with E-state index in [9.17, 15) is 19.5 Å². The van der Waals surface area contributed by atoms with E-state index in [4.69, 9.17) is 0 Å². The van der Waals surface area contributed by atoms with E-state index in [0.29, 0.717) is 11.1 Å². The van der Waals surface area contributed by atoms with Crippen LogP contribution in [0.25, 0.3) is 0 Å². The van der Waals surface area contributed by atoms with Gasteiger partial charge < -0.3 is 10.4 Å². The number of benzene rings is 1. The first-order valence-corrected chi connectivity index (χ1v) is 8.63. The molecule has 0 spiro atoms. The van der Waals surface area contributed by atoms with Gasteiger partial charge >= 0.3 is 0 Å². The highest BCUT2D eigenvalue weighted by molar-refractivity contribution is 6.21. The monoisotopic (exact) mass is 346 g/mol. The van der Waals surface area contributed by atoms with Crippen LogP contribution in [0.15, 0.2) is 18.2 Å². The van der Waals surface area contributed by atoms with Crippen molar-refractivity contribution in [3.8, 4) is 0 Å². The van der Waals surface area contributed by atoms with Gasteiger partial charge in [0.2, 0.25) is 5.91 Å². The van der Waals surface area contributed by atoms with Crippen molar-refractivity contribution in [2.45, 2.75) is 46.1 Å². The van der Waals surface area contributed by atoms with Gasteiger partial charge in [0, 0.05) is 19.5 Å². The molecule has 0 saturated carbocycles. The number of carbonyl (C=O) groups excluding carboxylic acids is 3. The third kappa shape index (κ3) is 4.07. The minimum atomic E-state index is -0.989. The Morgan fingerprint density at radius 3 is 2.56 bits per heavy atom. The second-order valence-corrected chi connectivity index (χ2v) is 7.00. The van der Waals surface area contributed by atoms with Crippen LogP contribution in [-0.4, -0.2) is 46.4 Å². The molecule has 1 aromatic carbocycles. The maximum Gasteiger partial charge on any atom is 0.261 e. The molecule has 0 aliphatic carbocycles. The van der Waals surface area contributed by atoms with Crippen molar-refractivity contribution in [2.24, 2.45) is 5.92 Å². The van der Waals surface area contributed by atoms with Crippen LogP contribution in [0.5, 0.6) is 0 Å². The molecule has 0 fully saturated rings. The summed E-state index contributed by atoms with van der Waals surface area (Å²) in [7, 11) is 0. The van der Waals surface area contributed by atoms with Gasteiger partial charge in [0.05, 0.1) is 16.7 Å². The van der Waals surface area contributed by atoms with Gasteiger partial charge in [-0.25, -0.2) is 0 Å². The molecule has 1 aliphatic rings. The lowest BCUT2D eigenvalue weighted by atomic mass is 9.88. The smallest absolute Gasteiger partial charge is 0.261 e. The first-order chi connectivity index (χ1) is 11.7. The van der Waals surface area contributed by atoms with Gasteiger partial charge in [-0.1, -0.05) is 31.9 Å². The van der Waals surface area contributed by atoms with Crippen LogP contribution in [0.2, 0.25) is 0 Å². The number of carbonyl (C=O) groups is 3. The number of amides is 3. The summed E-state index contributed by atoms with van der Waals surface area (Å²) in [4.78, 5) is 37.8. The number of aliphatic hydroxyl groups is 1. The molecule has 1 heterocycles. The first kappa shape index (κ1) is 19.1. The van der Waals surface area contributed by atoms with Crippen molar-refractivity contribution < 1.29 is 19.5 Å². The molecule has 25 heavy (non-hydrogen) atoms. The van der Waals surface area contributed by atoms with Crippen LogP contribution >= 0.6 is 0 Å². The molecule has 6 heteroatoms. The number of nitrogens with zero attached hydrogens (tertiary/aromatic N) is 1. The van der Waals surface area contributed by atoms with E-state index in [-0.39, 0.29) is 43.1 Å². The lowest BCUT2D eigenvalue weighted by Crippen LogP contribution is -2.45. The summed E-state index contributed by atoms with van der Waals surface area (Å²) in [6.45, 7) is 7.62. The molecular weight excluding hydrogens is 320 g/mol. The standard InChI is InChI=1S/C19H26N2O4/c1-5-13(3)19(4,25)11-20-16(22)8-9-21-17(23)14-7-6-12(2)10-15(14)18(21)24/h6-7,10,13,25H,5,8-9,11H2,1-4H3,(H,20,22). The van der Waals surface area contributed by atoms with E-state index in [1.165, 1.54) is 0 Å². The Morgan fingerprint density at radius 1 is 1.28 bits per heavy atom. The molecule has 1 aromatic rings. The second kappa shape index (κ2) is 7.35. The summed E-state index contributed by atoms with van der Waals surface area (Å²) in [5.74, 6) is -0.967. The molecule has 0 saturated heterocycles. The van der Waals surface area contributed by atoms with E-state index in [2.05, 4.69) is 5.32 Å². The normalized spacial score (nSPS) is 17.2. The Hall–Kier alpha value is -2.21. The van der Waals surface area contributed by atoms with E-state index in [1.807, 2.05) is 20.8 Å². The van der Waals surface area contributed by atoms with Gasteiger partial charge in [0.15, 0.2) is 0 Å². The summed E-state index contributed by atoms with van der Waals surface area (Å²) in [5.41, 5.74) is 0.699. The molecule has 2 unspecified atom stereocenters. The van der Waals surface area contributed by atoms with E-state index >= 15 is 0 Å². The molecule has 2 atom stereocenters. The summed E-state index contributed by atoms with van der Waals surface area (Å²) in [5, 5.41) is 13.0. The highest BCUT2D eigenvalue weighted by Crippen LogP contribution is 2.24. The summed E-state index contributed by atoms with van der Waals surface area (Å²) >= 11 is 0. The first-order valence-electron chi connectivity index (χ1n) is 8.63. The Balaban J connectivity index is 1.91. The fourth-order valence-electron chi connectivity index (χ4n) is 2.80. The number of fused-ring (bicyclic) bond motifs is 1. The van der Waals surface area contributed by atoms with Crippen molar-refractivity contribution in [3.63, 3.8) is 0 Å². The topological polar surface area (TPSA) is 86.7 Å². The molecule has 1 aliphatic heterocycles. The fraction of sp³-hybridized carbons (Fsp3) is 0.526. The number of rotatable bonds is 7. The molecule has 136 valence electrons. The van der Waals surface area contributed by atoms with Crippen molar-refractivity contribution in [1.29, 1.82) is 0 Å². The van der Waals surface area contributed by atoms with Gasteiger partial charge in [-0.3, -0.25) is 19.3 Å². The van der Waals surface area contributed by atoms with Crippen LogP contribution in [0, 0.1) is 12.8 Å². The average Bonchev–Trinajstić information content (AvgIpc) is 2.80. The Morgan fingerprint density at radius 2 is 1.92 bits per heavy atom. The highest BCUT2D eigenvalue weighted by Gasteiger charge is 2.35. The third-order valence-corrected chi connectivity index (χ3v) is 5.01. The molecule has 2 rings (SSSR count). The Kier molecular flexibility index (Phi) is 5.62. The Labute approximate surface area is 148 Å². The van der Waals surface area contributed by atoms with Crippen LogP contribution in [-0.2, 0) is 4.79 Å². The largest absolute Gasteiger partial charge is 0.388 e. The summed E-state index contributed by atoms with van der Waals surface area (Å²) in [6, 6.07) is 5.13. The summed E-state index contributed by atoms with van der Waals surface area (Å²) < 4.78 is 0. The van der Waals surface area contributed by atoms with E-state index < -0.39 is 5.60 Å². The number of hydrogen-bond acceptors (Lipinski definition) is 4. The SMILES string of the molecule is CCC(C)C(C)(O)CNC(=O)CCN1C(=O)c2ccc(C)cc2C1=O. The van der Waals surface area contributed by atoms with Gasteiger partial charge in [0.1, 0.15) is 0 Å². The van der Waals surface area contributed by atoms with Crippen LogP contribution in [0.1, 0.15) is 59.9 Å². The molecule has 6 nitrogen and oxygen atoms in total. The molecule has 0 radical (unpaired) electrons. The zero-order valence-corrected chi connectivity index (χ0v) is 15.3. The van der Waals surface area contributed by atoms with E-state index in [0.717, 1.165) is 16.9 Å². The predicted octanol–water partition coefficient (Wildman–Crippen LogP) is 1.89. The minimum absolute atomic E-state index is 0.0149. The number of nitrogens with one attached hydrogen (secondary N) is 1. The quantitative estimate of drug-likeness (QED) is 0.738. The van der Waals surface area contributed by atoms with Gasteiger partial charge in [0.25, 0.3) is 11.8 Å². The molecule has 0 aromatic heterocycles. The zero-order valence-electron chi connectivity index (χ0n) is 15.3. The third-order valence-electron chi connectivity index (χ3n) is 5.01. The van der Waals surface area contributed by atoms with E-state index in [1.54, 1.807) is 25.1 Å². The van der Waals surface area contributed by atoms with Crippen LogP contribution in [0.3, 0.4) is 0 Å². The number of hydrogen-bond donors (Lipinski definition) is 2. The maximum absolute atomic E-state index is 12.4. The summed E-state index contributed by atoms with van der Waals surface area (Å²) in [6.07, 6.45) is 0.818. The molecule has 0 bridgehead atoms. The second-order valence-electron chi connectivity index (χ2n) is 7.00. The predicted molar refractivity (Wildman–Crippen MR) is 94.3 cm³/mol. The lowest BCUT2D eigenvalue weighted by Gasteiger charge is -2.29. The van der Waals surface area contributed by atoms with Crippen molar-refractivity contribution >= 4 is 17.7 Å². The molecule has 2 N–H and O–H groups in total. The van der Waals surface area contributed by atoms with Crippen molar-refractivity contribution in [3.05, 3.63) is 34.9 Å². The molecule has 3 amide bonds. The van der Waals surface area contributed by atoms with Crippen LogP contribution in [0.4, 0.5) is 0 Å². The number of aryl methyl sites for hydroxylation is 1. The average molecular weight is 346 g/mol.